The summed E-state index contributed by atoms with van der Waals surface area (Å²) in [5.41, 5.74) is 1.27. The van der Waals surface area contributed by atoms with E-state index in [-0.39, 0.29) is 11.2 Å². The first-order valence-corrected chi connectivity index (χ1v) is 7.45. The zero-order valence-electron chi connectivity index (χ0n) is 10.9. The molecule has 0 saturated heterocycles. The van der Waals surface area contributed by atoms with Crippen molar-refractivity contribution in [3.63, 3.8) is 0 Å². The molecular formula is C13H15N5OS. The van der Waals surface area contributed by atoms with E-state index in [0.717, 1.165) is 19.3 Å². The van der Waals surface area contributed by atoms with E-state index >= 15 is 0 Å². The fourth-order valence-corrected chi connectivity index (χ4v) is 3.41. The zero-order valence-corrected chi connectivity index (χ0v) is 11.7. The van der Waals surface area contributed by atoms with Gasteiger partial charge in [0.1, 0.15) is 0 Å². The average molecular weight is 289 g/mol. The van der Waals surface area contributed by atoms with Crippen molar-refractivity contribution in [3.05, 3.63) is 35.7 Å². The normalized spacial score (nSPS) is 16.9. The Morgan fingerprint density at radius 3 is 3.15 bits per heavy atom. The van der Waals surface area contributed by atoms with Crippen molar-refractivity contribution in [2.24, 2.45) is 0 Å². The van der Waals surface area contributed by atoms with Crippen molar-refractivity contribution in [1.29, 1.82) is 0 Å². The molecule has 3 rings (SSSR count). The first-order chi connectivity index (χ1) is 9.83. The number of carbonyl (C=O) groups is 1. The minimum atomic E-state index is -0.00225. The summed E-state index contributed by atoms with van der Waals surface area (Å²) < 4.78 is 0. The van der Waals surface area contributed by atoms with Gasteiger partial charge in [0, 0.05) is 17.9 Å². The van der Waals surface area contributed by atoms with Crippen molar-refractivity contribution in [1.82, 2.24) is 25.9 Å². The largest absolute Gasteiger partial charge is 0.355 e. The highest BCUT2D eigenvalue weighted by Crippen LogP contribution is 2.36. The molecule has 1 aromatic heterocycles. The van der Waals surface area contributed by atoms with E-state index in [0.29, 0.717) is 12.4 Å². The van der Waals surface area contributed by atoms with Crippen LogP contribution < -0.4 is 5.32 Å². The number of carbonyl (C=O) groups excluding carboxylic acids is 1. The highest BCUT2D eigenvalue weighted by molar-refractivity contribution is 8.01. The van der Waals surface area contributed by atoms with Gasteiger partial charge in [-0.1, -0.05) is 23.4 Å². The quantitative estimate of drug-likeness (QED) is 0.801. The lowest BCUT2D eigenvalue weighted by molar-refractivity contribution is -0.120. The van der Waals surface area contributed by atoms with E-state index in [1.54, 1.807) is 11.8 Å². The molecule has 6 nitrogen and oxygen atoms in total. The second-order valence-corrected chi connectivity index (χ2v) is 5.89. The van der Waals surface area contributed by atoms with Gasteiger partial charge in [-0.05, 0) is 24.5 Å². The molecule has 2 heterocycles. The second kappa shape index (κ2) is 6.04. The van der Waals surface area contributed by atoms with Crippen LogP contribution >= 0.6 is 11.8 Å². The summed E-state index contributed by atoms with van der Waals surface area (Å²) in [7, 11) is 0. The van der Waals surface area contributed by atoms with Crippen LogP contribution in [0.15, 0.2) is 29.2 Å². The molecule has 0 spiro atoms. The molecule has 2 aromatic rings. The van der Waals surface area contributed by atoms with Gasteiger partial charge < -0.3 is 5.32 Å². The van der Waals surface area contributed by atoms with Crippen molar-refractivity contribution >= 4 is 17.7 Å². The van der Waals surface area contributed by atoms with Gasteiger partial charge in [0.05, 0.1) is 5.25 Å². The van der Waals surface area contributed by atoms with Gasteiger partial charge in [-0.3, -0.25) is 4.79 Å². The van der Waals surface area contributed by atoms with Gasteiger partial charge in [0.2, 0.25) is 5.91 Å². The maximum absolute atomic E-state index is 12.1. The molecule has 1 amide bonds. The molecule has 0 bridgehead atoms. The van der Waals surface area contributed by atoms with Crippen LogP contribution in [0, 0.1) is 0 Å². The Kier molecular flexibility index (Phi) is 3.96. The molecule has 0 unspecified atom stereocenters. The summed E-state index contributed by atoms with van der Waals surface area (Å²) >= 11 is 1.65. The minimum absolute atomic E-state index is 0.00225. The number of hydrogen-bond acceptors (Lipinski definition) is 5. The van der Waals surface area contributed by atoms with Gasteiger partial charge in [-0.2, -0.15) is 5.21 Å². The van der Waals surface area contributed by atoms with Crippen LogP contribution in [-0.2, 0) is 17.6 Å². The highest BCUT2D eigenvalue weighted by Gasteiger charge is 2.27. The number of aryl methyl sites for hydroxylation is 1. The van der Waals surface area contributed by atoms with E-state index in [9.17, 15) is 4.79 Å². The highest BCUT2D eigenvalue weighted by atomic mass is 32.2. The molecule has 0 fully saturated rings. The van der Waals surface area contributed by atoms with Gasteiger partial charge in [-0.25, -0.2) is 0 Å². The predicted octanol–water partition coefficient (Wildman–Crippen LogP) is 0.966. The van der Waals surface area contributed by atoms with Crippen molar-refractivity contribution in [2.45, 2.75) is 29.4 Å². The topological polar surface area (TPSA) is 83.6 Å². The maximum Gasteiger partial charge on any atom is 0.233 e. The lowest BCUT2D eigenvalue weighted by Gasteiger charge is -2.09. The summed E-state index contributed by atoms with van der Waals surface area (Å²) in [6, 6.07) is 8.19. The van der Waals surface area contributed by atoms with Gasteiger partial charge in [0.15, 0.2) is 5.82 Å². The molecule has 1 aromatic carbocycles. The Morgan fingerprint density at radius 2 is 2.35 bits per heavy atom. The number of aromatic nitrogens is 4. The van der Waals surface area contributed by atoms with Crippen LogP contribution in [0.1, 0.15) is 17.8 Å². The van der Waals surface area contributed by atoms with Crippen LogP contribution in [0.5, 0.6) is 0 Å². The minimum Gasteiger partial charge on any atom is -0.355 e. The van der Waals surface area contributed by atoms with E-state index in [2.05, 4.69) is 38.1 Å². The molecule has 104 valence electrons. The van der Waals surface area contributed by atoms with Gasteiger partial charge in [-0.15, -0.1) is 22.0 Å². The number of aromatic amines is 1. The summed E-state index contributed by atoms with van der Waals surface area (Å²) in [6.07, 6.45) is 2.35. The summed E-state index contributed by atoms with van der Waals surface area (Å²) in [6.45, 7) is 0.640. The summed E-state index contributed by atoms with van der Waals surface area (Å²) in [5, 5.41) is 16.6. The SMILES string of the molecule is O=C(NCCCc1nn[nH]n1)[C@@H]1Cc2ccccc2S1. The van der Waals surface area contributed by atoms with Gasteiger partial charge >= 0.3 is 0 Å². The molecule has 1 atom stereocenters. The van der Waals surface area contributed by atoms with Crippen LogP contribution in [0.2, 0.25) is 0 Å². The van der Waals surface area contributed by atoms with E-state index in [4.69, 9.17) is 0 Å². The number of rotatable bonds is 5. The molecule has 2 N–H and O–H groups in total. The molecule has 1 aliphatic rings. The Hall–Kier alpha value is -1.89. The number of nitrogens with zero attached hydrogens (tertiary/aromatic N) is 3. The first-order valence-electron chi connectivity index (χ1n) is 6.57. The number of tetrazole rings is 1. The fraction of sp³-hybridized carbons (Fsp3) is 0.385. The van der Waals surface area contributed by atoms with Crippen LogP contribution in [0.3, 0.4) is 0 Å². The molecule has 7 heteroatoms. The Labute approximate surface area is 120 Å². The Morgan fingerprint density at radius 1 is 1.45 bits per heavy atom. The number of nitrogens with one attached hydrogen (secondary N) is 2. The monoisotopic (exact) mass is 289 g/mol. The van der Waals surface area contributed by atoms with Crippen LogP contribution in [0.4, 0.5) is 0 Å². The van der Waals surface area contributed by atoms with Gasteiger partial charge in [0.25, 0.3) is 0 Å². The van der Waals surface area contributed by atoms with E-state index in [1.165, 1.54) is 10.5 Å². The van der Waals surface area contributed by atoms with Crippen molar-refractivity contribution in [2.75, 3.05) is 6.54 Å². The number of fused-ring (bicyclic) bond motifs is 1. The maximum atomic E-state index is 12.1. The third-order valence-corrected chi connectivity index (χ3v) is 4.52. The number of amides is 1. The Balaban J connectivity index is 1.42. The first kappa shape index (κ1) is 13.1. The standard InChI is InChI=1S/C13H15N5OS/c19-13(14-7-3-6-12-15-17-18-16-12)11-8-9-4-1-2-5-10(9)20-11/h1-2,4-5,11H,3,6-8H2,(H,14,19)(H,15,16,17,18)/t11-/m0/s1. The third kappa shape index (κ3) is 2.98. The number of H-pyrrole nitrogens is 1. The molecule has 0 saturated carbocycles. The number of hydrogen-bond donors (Lipinski definition) is 2. The molecule has 0 radical (unpaired) electrons. The lowest BCUT2D eigenvalue weighted by Crippen LogP contribution is -2.33. The van der Waals surface area contributed by atoms with E-state index in [1.807, 2.05) is 12.1 Å². The lowest BCUT2D eigenvalue weighted by atomic mass is 10.1. The zero-order chi connectivity index (χ0) is 13.8. The van der Waals surface area contributed by atoms with Crippen molar-refractivity contribution in [3.8, 4) is 0 Å². The smallest absolute Gasteiger partial charge is 0.233 e. The molecule has 0 aliphatic carbocycles. The number of thioether (sulfide) groups is 1. The van der Waals surface area contributed by atoms with Crippen molar-refractivity contribution < 1.29 is 4.79 Å². The second-order valence-electron chi connectivity index (χ2n) is 4.64. The Bertz CT molecular complexity index is 561. The summed E-state index contributed by atoms with van der Waals surface area (Å²) in [5.74, 6) is 0.793. The summed E-state index contributed by atoms with van der Waals surface area (Å²) in [4.78, 5) is 13.3. The van der Waals surface area contributed by atoms with Crippen LogP contribution in [-0.4, -0.2) is 38.3 Å². The third-order valence-electron chi connectivity index (χ3n) is 3.21. The van der Waals surface area contributed by atoms with E-state index < -0.39 is 0 Å². The predicted molar refractivity (Wildman–Crippen MR) is 75.3 cm³/mol. The fourth-order valence-electron chi connectivity index (χ4n) is 2.19. The number of benzene rings is 1. The van der Waals surface area contributed by atoms with Crippen LogP contribution in [0.25, 0.3) is 0 Å². The molecule has 1 aliphatic heterocycles. The molecule has 20 heavy (non-hydrogen) atoms. The average Bonchev–Trinajstić information content (AvgIpc) is 3.12. The molecular weight excluding hydrogens is 274 g/mol.